The van der Waals surface area contributed by atoms with Crippen LogP contribution in [0.5, 0.6) is 5.75 Å². The summed E-state index contributed by atoms with van der Waals surface area (Å²) in [6, 6.07) is 10.2. The van der Waals surface area contributed by atoms with Crippen LogP contribution in [0.4, 0.5) is 26.1 Å². The van der Waals surface area contributed by atoms with E-state index in [1.54, 1.807) is 13.0 Å². The van der Waals surface area contributed by atoms with E-state index >= 15 is 4.39 Å². The third kappa shape index (κ3) is 4.78. The Morgan fingerprint density at radius 1 is 1.03 bits per heavy atom. The topological polar surface area (TPSA) is 146 Å². The fourth-order valence-electron chi connectivity index (χ4n) is 3.59. The maximum Gasteiger partial charge on any atom is 0.232 e. The Labute approximate surface area is 200 Å². The fraction of sp³-hybridized carbons (Fsp3) is 0.174. The van der Waals surface area contributed by atoms with E-state index in [2.05, 4.69) is 19.7 Å². The van der Waals surface area contributed by atoms with Crippen LogP contribution in [0.1, 0.15) is 13.3 Å². The van der Waals surface area contributed by atoms with Crippen LogP contribution in [0, 0.1) is 11.8 Å². The van der Waals surface area contributed by atoms with E-state index < -0.39 is 21.8 Å². The quantitative estimate of drug-likeness (QED) is 0.323. The van der Waals surface area contributed by atoms with Crippen LogP contribution < -0.4 is 20.9 Å². The highest BCUT2D eigenvalue weighted by Gasteiger charge is 2.20. The third-order valence-electron chi connectivity index (χ3n) is 5.17. The van der Waals surface area contributed by atoms with E-state index in [4.69, 9.17) is 16.2 Å². The van der Waals surface area contributed by atoms with Gasteiger partial charge in [-0.1, -0.05) is 19.1 Å². The highest BCUT2D eigenvalue weighted by molar-refractivity contribution is 7.92. The molecule has 0 spiro atoms. The van der Waals surface area contributed by atoms with Crippen LogP contribution in [0.15, 0.2) is 42.5 Å². The summed E-state index contributed by atoms with van der Waals surface area (Å²) in [5.41, 5.74) is 12.2. The van der Waals surface area contributed by atoms with E-state index in [1.807, 2.05) is 0 Å². The summed E-state index contributed by atoms with van der Waals surface area (Å²) in [4.78, 5) is 12.2. The number of fused-ring (bicyclic) bond motifs is 1. The molecular weight excluding hydrogens is 478 g/mol. The lowest BCUT2D eigenvalue weighted by Crippen LogP contribution is -2.17. The number of methoxy groups -OCH3 is 1. The van der Waals surface area contributed by atoms with Crippen LogP contribution in [-0.4, -0.2) is 36.2 Å². The number of halogens is 2. The molecule has 0 aliphatic rings. The van der Waals surface area contributed by atoms with Gasteiger partial charge >= 0.3 is 0 Å². The summed E-state index contributed by atoms with van der Waals surface area (Å²) in [6.45, 7) is 1.71. The molecule has 0 atom stereocenters. The van der Waals surface area contributed by atoms with Gasteiger partial charge in [0, 0.05) is 10.9 Å². The van der Waals surface area contributed by atoms with Gasteiger partial charge in [0.25, 0.3) is 0 Å². The van der Waals surface area contributed by atoms with Gasteiger partial charge in [0.2, 0.25) is 16.0 Å². The number of sulfonamides is 1. The Kier molecular flexibility index (Phi) is 6.39. The molecule has 0 amide bonds. The van der Waals surface area contributed by atoms with Gasteiger partial charge in [0.05, 0.1) is 24.1 Å². The van der Waals surface area contributed by atoms with E-state index in [0.717, 1.165) is 0 Å². The van der Waals surface area contributed by atoms with Crippen molar-refractivity contribution in [3.63, 3.8) is 0 Å². The van der Waals surface area contributed by atoms with Crippen molar-refractivity contribution in [3.8, 4) is 28.3 Å². The summed E-state index contributed by atoms with van der Waals surface area (Å²) in [5, 5.41) is 0.336. The Hall–Kier alpha value is -4.06. The third-order valence-corrected chi connectivity index (χ3v) is 6.65. The second-order valence-electron chi connectivity index (χ2n) is 7.67. The van der Waals surface area contributed by atoms with E-state index in [9.17, 15) is 12.8 Å². The molecule has 182 valence electrons. The van der Waals surface area contributed by atoms with Gasteiger partial charge in [-0.25, -0.2) is 27.8 Å². The zero-order chi connectivity index (χ0) is 25.3. The monoisotopic (exact) mass is 500 g/mol. The molecule has 9 nitrogen and oxygen atoms in total. The summed E-state index contributed by atoms with van der Waals surface area (Å²) in [5.74, 6) is -1.55. The predicted molar refractivity (Wildman–Crippen MR) is 131 cm³/mol. The average Bonchev–Trinajstić information content (AvgIpc) is 2.79. The Morgan fingerprint density at radius 2 is 1.80 bits per heavy atom. The lowest BCUT2D eigenvalue weighted by Gasteiger charge is -2.14. The lowest BCUT2D eigenvalue weighted by molar-refractivity contribution is 0.419. The number of nitrogens with zero attached hydrogens (tertiary/aromatic N) is 3. The maximum absolute atomic E-state index is 15.3. The molecule has 0 unspecified atom stereocenters. The number of nitrogen functional groups attached to an aromatic ring is 2. The molecule has 0 fully saturated rings. The van der Waals surface area contributed by atoms with Gasteiger partial charge in [0.15, 0.2) is 11.6 Å². The van der Waals surface area contributed by atoms with E-state index in [0.29, 0.717) is 17.4 Å². The van der Waals surface area contributed by atoms with Crippen molar-refractivity contribution in [2.24, 2.45) is 0 Å². The number of anilines is 3. The van der Waals surface area contributed by atoms with Gasteiger partial charge < -0.3 is 16.2 Å². The molecule has 0 saturated heterocycles. The smallest absolute Gasteiger partial charge is 0.232 e. The van der Waals surface area contributed by atoms with Crippen molar-refractivity contribution in [2.45, 2.75) is 13.3 Å². The predicted octanol–water partition coefficient (Wildman–Crippen LogP) is 3.96. The molecule has 0 radical (unpaired) electrons. The fourth-order valence-corrected chi connectivity index (χ4v) is 4.72. The molecule has 4 aromatic rings. The average molecular weight is 501 g/mol. The second kappa shape index (κ2) is 9.29. The molecular formula is C23H22F2N6O3S. The van der Waals surface area contributed by atoms with Crippen molar-refractivity contribution in [2.75, 3.05) is 29.1 Å². The molecule has 4 rings (SSSR count). The van der Waals surface area contributed by atoms with Crippen LogP contribution in [0.2, 0.25) is 0 Å². The van der Waals surface area contributed by atoms with Gasteiger partial charge in [-0.15, -0.1) is 0 Å². The number of aromatic nitrogens is 3. The van der Waals surface area contributed by atoms with E-state index in [1.165, 1.54) is 43.5 Å². The minimum Gasteiger partial charge on any atom is -0.494 e. The minimum atomic E-state index is -3.70. The van der Waals surface area contributed by atoms with Gasteiger partial charge in [-0.05, 0) is 42.3 Å². The molecule has 0 saturated carbocycles. The molecule has 5 N–H and O–H groups in total. The van der Waals surface area contributed by atoms with Crippen molar-refractivity contribution in [3.05, 3.63) is 54.2 Å². The number of nitrogens with one attached hydrogen (secondary N) is 1. The SMILES string of the molecule is CCCS(=O)(=O)Nc1cccc(-c2cc(OC)c3nc(-c4ccc(N)nc4F)nc(N)c3c2)c1F. The Morgan fingerprint density at radius 3 is 2.49 bits per heavy atom. The summed E-state index contributed by atoms with van der Waals surface area (Å²) < 4.78 is 61.7. The maximum atomic E-state index is 15.3. The van der Waals surface area contributed by atoms with Crippen LogP contribution in [0.3, 0.4) is 0 Å². The molecule has 0 bridgehead atoms. The normalized spacial score (nSPS) is 11.5. The van der Waals surface area contributed by atoms with Crippen molar-refractivity contribution < 1.29 is 21.9 Å². The molecule has 2 aromatic heterocycles. The second-order valence-corrected chi connectivity index (χ2v) is 9.51. The Bertz CT molecular complexity index is 1550. The summed E-state index contributed by atoms with van der Waals surface area (Å²) >= 11 is 0. The highest BCUT2D eigenvalue weighted by atomic mass is 32.2. The van der Waals surface area contributed by atoms with Crippen molar-refractivity contribution in [1.82, 2.24) is 15.0 Å². The number of hydrogen-bond acceptors (Lipinski definition) is 8. The Balaban J connectivity index is 1.86. The van der Waals surface area contributed by atoms with Crippen molar-refractivity contribution >= 4 is 38.2 Å². The highest BCUT2D eigenvalue weighted by Crippen LogP contribution is 2.37. The van der Waals surface area contributed by atoms with Gasteiger partial charge in [-0.3, -0.25) is 4.72 Å². The van der Waals surface area contributed by atoms with Crippen molar-refractivity contribution in [1.29, 1.82) is 0 Å². The van der Waals surface area contributed by atoms with E-state index in [-0.39, 0.29) is 51.3 Å². The number of ether oxygens (including phenoxy) is 1. The number of benzene rings is 2. The molecule has 2 heterocycles. The molecule has 35 heavy (non-hydrogen) atoms. The zero-order valence-electron chi connectivity index (χ0n) is 18.8. The van der Waals surface area contributed by atoms with Crippen LogP contribution in [0.25, 0.3) is 33.4 Å². The van der Waals surface area contributed by atoms with Crippen LogP contribution in [-0.2, 0) is 10.0 Å². The summed E-state index contributed by atoms with van der Waals surface area (Å²) in [6.07, 6.45) is 0.385. The zero-order valence-corrected chi connectivity index (χ0v) is 19.7. The first kappa shape index (κ1) is 24.1. The minimum absolute atomic E-state index is 0.00147. The van der Waals surface area contributed by atoms with Gasteiger partial charge in [0.1, 0.15) is 22.9 Å². The molecule has 2 aromatic carbocycles. The standard InChI is InChI=1S/C23H22F2N6O3S/c1-3-9-35(32,33)31-16-6-4-5-13(19(16)24)12-10-15-20(17(11-12)34-2)29-23(30-22(15)27)14-7-8-18(26)28-21(14)25/h4-8,10-11,31H,3,9H2,1-2H3,(H2,26,28)(H2,27,29,30). The first-order chi connectivity index (χ1) is 16.6. The van der Waals surface area contributed by atoms with Gasteiger partial charge in [-0.2, -0.15) is 4.39 Å². The number of nitrogens with two attached hydrogens (primary N) is 2. The molecule has 12 heteroatoms. The largest absolute Gasteiger partial charge is 0.494 e. The lowest BCUT2D eigenvalue weighted by atomic mass is 10.0. The molecule has 0 aliphatic heterocycles. The number of pyridine rings is 1. The first-order valence-electron chi connectivity index (χ1n) is 10.5. The number of hydrogen-bond donors (Lipinski definition) is 3. The summed E-state index contributed by atoms with van der Waals surface area (Å²) in [7, 11) is -2.30. The molecule has 0 aliphatic carbocycles. The number of rotatable bonds is 7. The first-order valence-corrected chi connectivity index (χ1v) is 12.2. The van der Waals surface area contributed by atoms with Crippen LogP contribution >= 0.6 is 0 Å².